The van der Waals surface area contributed by atoms with Gasteiger partial charge >= 0.3 is 12.0 Å². The summed E-state index contributed by atoms with van der Waals surface area (Å²) < 4.78 is 1.02. The molecule has 5 rings (SSSR count). The average molecular weight is 569 g/mol. The second kappa shape index (κ2) is 10.5. The van der Waals surface area contributed by atoms with Crippen molar-refractivity contribution in [2.24, 2.45) is 16.3 Å². The lowest BCUT2D eigenvalue weighted by Gasteiger charge is -2.52. The van der Waals surface area contributed by atoms with Crippen molar-refractivity contribution in [1.29, 1.82) is 0 Å². The maximum absolute atomic E-state index is 13.1. The molecule has 11 nitrogen and oxygen atoms in total. The largest absolute Gasteiger partial charge is 0.481 e. The molecule has 1 saturated heterocycles. The maximum atomic E-state index is 13.1. The summed E-state index contributed by atoms with van der Waals surface area (Å²) in [4.78, 5) is 44.6. The Kier molecular flexibility index (Phi) is 7.31. The molecule has 2 aromatic heterocycles. The third kappa shape index (κ3) is 4.74. The van der Waals surface area contributed by atoms with Crippen LogP contribution >= 0.6 is 22.7 Å². The fourth-order valence-electron chi connectivity index (χ4n) is 5.26. The van der Waals surface area contributed by atoms with Gasteiger partial charge in [0, 0.05) is 57.0 Å². The number of anilines is 2. The summed E-state index contributed by atoms with van der Waals surface area (Å²) in [7, 11) is 3.91. The summed E-state index contributed by atoms with van der Waals surface area (Å²) in [6.45, 7) is 4.89. The topological polar surface area (TPSA) is 135 Å². The Morgan fingerprint density at radius 3 is 2.85 bits per heavy atom. The van der Waals surface area contributed by atoms with Crippen molar-refractivity contribution < 1.29 is 14.7 Å². The number of amides is 2. The molecule has 1 aromatic carbocycles. The number of piperidine rings is 1. The van der Waals surface area contributed by atoms with Crippen molar-refractivity contribution in [2.75, 3.05) is 43.5 Å². The van der Waals surface area contributed by atoms with Crippen LogP contribution < -0.4 is 25.8 Å². The van der Waals surface area contributed by atoms with Crippen LogP contribution in [0.15, 0.2) is 41.1 Å². The minimum absolute atomic E-state index is 0.351. The van der Waals surface area contributed by atoms with Crippen LogP contribution in [0.5, 0.6) is 0 Å². The number of fused-ring (bicyclic) bond motifs is 1. The fourth-order valence-corrected chi connectivity index (χ4v) is 6.98. The zero-order chi connectivity index (χ0) is 27.8. The van der Waals surface area contributed by atoms with Crippen LogP contribution in [-0.2, 0) is 4.79 Å². The Morgan fingerprint density at radius 2 is 2.13 bits per heavy atom. The van der Waals surface area contributed by atoms with Crippen LogP contribution in [0, 0.1) is 11.3 Å². The molecule has 3 atom stereocenters. The van der Waals surface area contributed by atoms with Crippen molar-refractivity contribution in [1.82, 2.24) is 25.9 Å². The molecule has 4 heterocycles. The lowest BCUT2D eigenvalue weighted by molar-refractivity contribution is -0.155. The smallest absolute Gasteiger partial charge is 0.318 e. The molecular weight excluding hydrogens is 536 g/mol. The Bertz CT molecular complexity index is 1450. The lowest BCUT2D eigenvalue weighted by Crippen LogP contribution is -2.71. The van der Waals surface area contributed by atoms with E-state index in [0.29, 0.717) is 26.1 Å². The van der Waals surface area contributed by atoms with Crippen LogP contribution in [-0.4, -0.2) is 72.8 Å². The second-order valence-electron chi connectivity index (χ2n) is 10.0. The first-order valence-corrected chi connectivity index (χ1v) is 14.4. The number of nitrogens with zero attached hydrogens (tertiary/aromatic N) is 5. The monoisotopic (exact) mass is 568 g/mol. The van der Waals surface area contributed by atoms with Crippen molar-refractivity contribution in [3.05, 3.63) is 36.1 Å². The van der Waals surface area contributed by atoms with Gasteiger partial charge in [-0.1, -0.05) is 11.3 Å². The molecule has 206 valence electrons. The molecular formula is C26H32N8O3S2. The molecule has 0 aliphatic carbocycles. The van der Waals surface area contributed by atoms with Gasteiger partial charge in [-0.25, -0.2) is 19.8 Å². The highest BCUT2D eigenvalue weighted by Gasteiger charge is 2.57. The summed E-state index contributed by atoms with van der Waals surface area (Å²) in [6, 6.07) is 3.57. The minimum atomic E-state index is -1.42. The van der Waals surface area contributed by atoms with E-state index in [-0.39, 0.29) is 0 Å². The number of hydrogen-bond donors (Lipinski definition) is 4. The first-order chi connectivity index (χ1) is 18.7. The maximum Gasteiger partial charge on any atom is 0.318 e. The molecule has 3 aromatic rings. The number of carboxylic acid groups (broad SMARTS) is 1. The summed E-state index contributed by atoms with van der Waals surface area (Å²) >= 11 is 3.13. The number of aromatic nitrogens is 2. The lowest BCUT2D eigenvalue weighted by atomic mass is 9.68. The van der Waals surface area contributed by atoms with Gasteiger partial charge in [0.25, 0.3) is 0 Å². The Balaban J connectivity index is 1.70. The Hall–Kier alpha value is -3.55. The number of hydrogen-bond acceptors (Lipinski definition) is 10. The van der Waals surface area contributed by atoms with E-state index in [1.54, 1.807) is 41.9 Å². The van der Waals surface area contributed by atoms with Crippen LogP contribution in [0.4, 0.5) is 15.6 Å². The quantitative estimate of drug-likeness (QED) is 0.340. The number of aliphatic carboxylic acids is 1. The first kappa shape index (κ1) is 27.0. The molecule has 1 fully saturated rings. The minimum Gasteiger partial charge on any atom is -0.481 e. The summed E-state index contributed by atoms with van der Waals surface area (Å²) in [5.41, 5.74) is 3.14. The number of rotatable bonds is 7. The molecule has 4 N–H and O–H groups in total. The van der Waals surface area contributed by atoms with Gasteiger partial charge in [0.05, 0.1) is 31.9 Å². The first-order valence-electron chi connectivity index (χ1n) is 12.7. The van der Waals surface area contributed by atoms with E-state index in [2.05, 4.69) is 25.9 Å². The number of nitrogens with one attached hydrogen (secondary N) is 3. The highest BCUT2D eigenvalue weighted by atomic mass is 32.1. The van der Waals surface area contributed by atoms with Crippen molar-refractivity contribution in [3.63, 3.8) is 0 Å². The zero-order valence-corrected chi connectivity index (χ0v) is 23.9. The van der Waals surface area contributed by atoms with Gasteiger partial charge in [-0.2, -0.15) is 0 Å². The highest BCUT2D eigenvalue weighted by Crippen LogP contribution is 2.47. The summed E-state index contributed by atoms with van der Waals surface area (Å²) in [6.07, 6.45) is 7.49. The predicted molar refractivity (Wildman–Crippen MR) is 157 cm³/mol. The molecule has 13 heteroatoms. The van der Waals surface area contributed by atoms with Gasteiger partial charge < -0.3 is 25.5 Å². The van der Waals surface area contributed by atoms with Gasteiger partial charge in [-0.05, 0) is 45.0 Å². The van der Waals surface area contributed by atoms with Crippen LogP contribution in [0.3, 0.4) is 0 Å². The Labute approximate surface area is 234 Å². The molecule has 3 unspecified atom stereocenters. The molecule has 2 amide bonds. The third-order valence-corrected chi connectivity index (χ3v) is 9.42. The average Bonchev–Trinajstić information content (AvgIpc) is 3.59. The summed E-state index contributed by atoms with van der Waals surface area (Å²) in [5, 5.41) is 20.5. The third-order valence-electron chi connectivity index (χ3n) is 7.34. The van der Waals surface area contributed by atoms with Crippen LogP contribution in [0.25, 0.3) is 20.7 Å². The SMILES string of the molecule is CCNC(=O)NC1(C2CNCCC2(C)C(=O)O)N=CC=CN1c1cc(-c2cnc(N(C)C)s2)c2scnc2c1. The summed E-state index contributed by atoms with van der Waals surface area (Å²) in [5.74, 6) is -2.96. The number of carbonyl (C=O) groups excluding carboxylic acids is 1. The number of allylic oxidation sites excluding steroid dienone is 1. The van der Waals surface area contributed by atoms with Gasteiger partial charge in [-0.3, -0.25) is 10.1 Å². The number of urea groups is 1. The molecule has 0 bridgehead atoms. The standard InChI is InChI=1S/C26H32N8O3S2/c1-5-28-23(37)32-26(20-14-27-9-7-25(20,2)22(35)36)31-8-6-10-34(26)16-11-17(21-18(12-16)30-15-38-21)19-13-29-24(39-19)33(3)4/h6,8,10-13,15,20,27H,5,7,9,14H2,1-4H3,(H,35,36)(H2,28,32,37). The van der Waals surface area contributed by atoms with Crippen LogP contribution in [0.1, 0.15) is 20.3 Å². The van der Waals surface area contributed by atoms with E-state index in [0.717, 1.165) is 31.5 Å². The second-order valence-corrected chi connectivity index (χ2v) is 11.9. The van der Waals surface area contributed by atoms with Gasteiger partial charge in [0.2, 0.25) is 5.79 Å². The molecule has 0 spiro atoms. The molecule has 2 aliphatic rings. The van der Waals surface area contributed by atoms with E-state index < -0.39 is 29.1 Å². The van der Waals surface area contributed by atoms with Gasteiger partial charge in [0.1, 0.15) is 0 Å². The van der Waals surface area contributed by atoms with E-state index in [4.69, 9.17) is 4.99 Å². The molecule has 2 aliphatic heterocycles. The van der Waals surface area contributed by atoms with Gasteiger partial charge in [-0.15, -0.1) is 11.3 Å². The van der Waals surface area contributed by atoms with Crippen LogP contribution in [0.2, 0.25) is 0 Å². The van der Waals surface area contributed by atoms with Crippen molar-refractivity contribution >= 4 is 61.9 Å². The van der Waals surface area contributed by atoms with Crippen molar-refractivity contribution in [2.45, 2.75) is 26.1 Å². The Morgan fingerprint density at radius 1 is 1.31 bits per heavy atom. The molecule has 0 saturated carbocycles. The zero-order valence-electron chi connectivity index (χ0n) is 22.3. The number of aliphatic imine (C=N–C) groups is 1. The number of carbonyl (C=O) groups is 2. The van der Waals surface area contributed by atoms with E-state index >= 15 is 0 Å². The molecule has 0 radical (unpaired) electrons. The fraction of sp³-hybridized carbons (Fsp3) is 0.423. The predicted octanol–water partition coefficient (Wildman–Crippen LogP) is 3.56. The normalized spacial score (nSPS) is 24.6. The van der Waals surface area contributed by atoms with E-state index in [1.165, 1.54) is 0 Å². The van der Waals surface area contributed by atoms with E-state index in [1.807, 2.05) is 60.9 Å². The van der Waals surface area contributed by atoms with Crippen molar-refractivity contribution in [3.8, 4) is 10.4 Å². The highest BCUT2D eigenvalue weighted by molar-refractivity contribution is 7.20. The number of carboxylic acids is 1. The number of benzene rings is 1. The van der Waals surface area contributed by atoms with E-state index in [9.17, 15) is 14.7 Å². The number of thiazole rings is 2. The van der Waals surface area contributed by atoms with Gasteiger partial charge in [0.15, 0.2) is 5.13 Å². The molecule has 39 heavy (non-hydrogen) atoms.